The van der Waals surface area contributed by atoms with Crippen molar-refractivity contribution < 1.29 is 29.0 Å². The Morgan fingerprint density at radius 1 is 1.14 bits per heavy atom. The standard InChI is InChI=1S/C14H14FNO5/c15-11-4-3-9(6-10(11)14(20)21)16-12(17)7-1-2-8(5-7)13(18)19/h3-4,6-8H,1-2,5H2,(H,16,17)(H,18,19)(H,20,21)/t7-,8+/m1/s1. The first kappa shape index (κ1) is 15.0. The SMILES string of the molecule is O=C(O)c1cc(NC(=O)[C@@H]2CC[C@H](C(=O)O)C2)ccc1F. The number of carboxylic acids is 2. The quantitative estimate of drug-likeness (QED) is 0.787. The molecule has 6 nitrogen and oxygen atoms in total. The van der Waals surface area contributed by atoms with Gasteiger partial charge in [-0.1, -0.05) is 0 Å². The second kappa shape index (κ2) is 5.90. The number of carbonyl (C=O) groups is 3. The highest BCUT2D eigenvalue weighted by Crippen LogP contribution is 2.32. The van der Waals surface area contributed by atoms with E-state index in [4.69, 9.17) is 10.2 Å². The number of nitrogens with one attached hydrogen (secondary N) is 1. The van der Waals surface area contributed by atoms with Gasteiger partial charge < -0.3 is 15.5 Å². The summed E-state index contributed by atoms with van der Waals surface area (Å²) < 4.78 is 13.2. The summed E-state index contributed by atoms with van der Waals surface area (Å²) in [5, 5.41) is 20.2. The van der Waals surface area contributed by atoms with E-state index in [1.54, 1.807) is 0 Å². The number of amides is 1. The number of aliphatic carboxylic acids is 1. The van der Waals surface area contributed by atoms with Crippen molar-refractivity contribution in [2.45, 2.75) is 19.3 Å². The number of hydrogen-bond donors (Lipinski definition) is 3. The number of benzene rings is 1. The number of rotatable bonds is 4. The topological polar surface area (TPSA) is 104 Å². The first-order chi connectivity index (χ1) is 9.88. The fraction of sp³-hybridized carbons (Fsp3) is 0.357. The van der Waals surface area contributed by atoms with E-state index in [0.29, 0.717) is 12.8 Å². The van der Waals surface area contributed by atoms with Crippen LogP contribution in [0.1, 0.15) is 29.6 Å². The normalized spacial score (nSPS) is 21.0. The summed E-state index contributed by atoms with van der Waals surface area (Å²) in [6, 6.07) is 3.27. The molecule has 0 saturated heterocycles. The average Bonchev–Trinajstić information content (AvgIpc) is 2.90. The predicted molar refractivity (Wildman–Crippen MR) is 70.5 cm³/mol. The predicted octanol–water partition coefficient (Wildman–Crippen LogP) is 1.96. The van der Waals surface area contributed by atoms with Gasteiger partial charge in [0.15, 0.2) is 0 Å². The Labute approximate surface area is 119 Å². The van der Waals surface area contributed by atoms with Gasteiger partial charge in [0.1, 0.15) is 5.82 Å². The van der Waals surface area contributed by atoms with Crippen molar-refractivity contribution in [2.75, 3.05) is 5.32 Å². The van der Waals surface area contributed by atoms with Gasteiger partial charge in [-0.25, -0.2) is 9.18 Å². The molecule has 0 aromatic heterocycles. The van der Waals surface area contributed by atoms with Gasteiger partial charge >= 0.3 is 11.9 Å². The molecule has 21 heavy (non-hydrogen) atoms. The van der Waals surface area contributed by atoms with Gasteiger partial charge in [-0.2, -0.15) is 0 Å². The number of hydrogen-bond acceptors (Lipinski definition) is 3. The smallest absolute Gasteiger partial charge is 0.338 e. The van der Waals surface area contributed by atoms with Crippen LogP contribution in [0.25, 0.3) is 0 Å². The third-order valence-corrected chi connectivity index (χ3v) is 3.62. The molecule has 1 aliphatic rings. The van der Waals surface area contributed by atoms with Crippen LogP contribution in [0.3, 0.4) is 0 Å². The second-order valence-corrected chi connectivity index (χ2v) is 5.03. The maximum atomic E-state index is 13.2. The van der Waals surface area contributed by atoms with Crippen LogP contribution < -0.4 is 5.32 Å². The van der Waals surface area contributed by atoms with Crippen molar-refractivity contribution in [3.8, 4) is 0 Å². The Hall–Kier alpha value is -2.44. The summed E-state index contributed by atoms with van der Waals surface area (Å²) >= 11 is 0. The van der Waals surface area contributed by atoms with Gasteiger partial charge in [-0.3, -0.25) is 9.59 Å². The first-order valence-electron chi connectivity index (χ1n) is 6.45. The summed E-state index contributed by atoms with van der Waals surface area (Å²) in [6.45, 7) is 0. The maximum Gasteiger partial charge on any atom is 0.338 e. The van der Waals surface area contributed by atoms with Crippen molar-refractivity contribution in [1.29, 1.82) is 0 Å². The molecule has 0 radical (unpaired) electrons. The van der Waals surface area contributed by atoms with Gasteiger partial charge in [-0.05, 0) is 37.5 Å². The van der Waals surface area contributed by atoms with E-state index in [2.05, 4.69) is 5.32 Å². The van der Waals surface area contributed by atoms with Gasteiger partial charge in [0.2, 0.25) is 5.91 Å². The highest BCUT2D eigenvalue weighted by molar-refractivity contribution is 5.95. The molecule has 3 N–H and O–H groups in total. The van der Waals surface area contributed by atoms with Crippen LogP contribution in [0.4, 0.5) is 10.1 Å². The molecule has 0 heterocycles. The van der Waals surface area contributed by atoms with E-state index in [1.165, 1.54) is 6.07 Å². The molecule has 0 aliphatic heterocycles. The lowest BCUT2D eigenvalue weighted by Gasteiger charge is -2.11. The number of carbonyl (C=O) groups excluding carboxylic acids is 1. The molecule has 0 bridgehead atoms. The Bertz CT molecular complexity index is 601. The van der Waals surface area contributed by atoms with Crippen molar-refractivity contribution in [1.82, 2.24) is 0 Å². The molecule has 1 aromatic rings. The molecule has 1 fully saturated rings. The molecule has 2 rings (SSSR count). The summed E-state index contributed by atoms with van der Waals surface area (Å²) in [7, 11) is 0. The van der Waals surface area contributed by atoms with Crippen LogP contribution in [0, 0.1) is 17.7 Å². The third-order valence-electron chi connectivity index (χ3n) is 3.62. The van der Waals surface area contributed by atoms with Crippen LogP contribution in [-0.4, -0.2) is 28.1 Å². The summed E-state index contributed by atoms with van der Waals surface area (Å²) in [6.07, 6.45) is 1.17. The van der Waals surface area contributed by atoms with Gasteiger partial charge in [0.25, 0.3) is 0 Å². The van der Waals surface area contributed by atoms with E-state index in [1.807, 2.05) is 0 Å². The Kier molecular flexibility index (Phi) is 4.21. The minimum atomic E-state index is -1.42. The number of aromatic carboxylic acids is 1. The lowest BCUT2D eigenvalue weighted by molar-refractivity contribution is -0.141. The lowest BCUT2D eigenvalue weighted by Crippen LogP contribution is -2.22. The van der Waals surface area contributed by atoms with E-state index in [-0.39, 0.29) is 18.0 Å². The molecule has 0 unspecified atom stereocenters. The summed E-state index contributed by atoms with van der Waals surface area (Å²) in [4.78, 5) is 33.7. The highest BCUT2D eigenvalue weighted by atomic mass is 19.1. The third kappa shape index (κ3) is 3.36. The Balaban J connectivity index is 2.05. The zero-order chi connectivity index (χ0) is 15.6. The van der Waals surface area contributed by atoms with E-state index < -0.39 is 35.2 Å². The van der Waals surface area contributed by atoms with Gasteiger partial charge in [0.05, 0.1) is 11.5 Å². The monoisotopic (exact) mass is 295 g/mol. The van der Waals surface area contributed by atoms with Crippen molar-refractivity contribution in [3.63, 3.8) is 0 Å². The molecule has 1 aliphatic carbocycles. The average molecular weight is 295 g/mol. The van der Waals surface area contributed by atoms with Gasteiger partial charge in [0, 0.05) is 11.6 Å². The van der Waals surface area contributed by atoms with Crippen molar-refractivity contribution in [2.24, 2.45) is 11.8 Å². The van der Waals surface area contributed by atoms with E-state index >= 15 is 0 Å². The Morgan fingerprint density at radius 3 is 2.38 bits per heavy atom. The van der Waals surface area contributed by atoms with Crippen molar-refractivity contribution >= 4 is 23.5 Å². The van der Waals surface area contributed by atoms with Crippen molar-refractivity contribution in [3.05, 3.63) is 29.6 Å². The fourth-order valence-electron chi connectivity index (χ4n) is 2.46. The lowest BCUT2D eigenvalue weighted by atomic mass is 10.0. The molecule has 1 aromatic carbocycles. The van der Waals surface area contributed by atoms with E-state index in [9.17, 15) is 18.8 Å². The molecular formula is C14H14FNO5. The number of carboxylic acid groups (broad SMARTS) is 2. The number of halogens is 1. The minimum Gasteiger partial charge on any atom is -0.481 e. The van der Waals surface area contributed by atoms with Crippen LogP contribution in [0.15, 0.2) is 18.2 Å². The molecule has 0 spiro atoms. The maximum absolute atomic E-state index is 13.2. The van der Waals surface area contributed by atoms with Gasteiger partial charge in [-0.15, -0.1) is 0 Å². The minimum absolute atomic E-state index is 0.178. The molecule has 1 amide bonds. The molecule has 2 atom stereocenters. The van der Waals surface area contributed by atoms with Crippen LogP contribution in [-0.2, 0) is 9.59 Å². The largest absolute Gasteiger partial charge is 0.481 e. The van der Waals surface area contributed by atoms with Crippen LogP contribution >= 0.6 is 0 Å². The second-order valence-electron chi connectivity index (χ2n) is 5.03. The number of anilines is 1. The fourth-order valence-corrected chi connectivity index (χ4v) is 2.46. The zero-order valence-electron chi connectivity index (χ0n) is 11.0. The van der Waals surface area contributed by atoms with Crippen LogP contribution in [0.2, 0.25) is 0 Å². The zero-order valence-corrected chi connectivity index (χ0v) is 11.0. The van der Waals surface area contributed by atoms with E-state index in [0.717, 1.165) is 12.1 Å². The summed E-state index contributed by atoms with van der Waals surface area (Å²) in [5.41, 5.74) is -0.347. The first-order valence-corrected chi connectivity index (χ1v) is 6.45. The molecular weight excluding hydrogens is 281 g/mol. The molecule has 7 heteroatoms. The van der Waals surface area contributed by atoms with Crippen LogP contribution in [0.5, 0.6) is 0 Å². The Morgan fingerprint density at radius 2 is 1.81 bits per heavy atom. The molecule has 1 saturated carbocycles. The molecule has 112 valence electrons. The highest BCUT2D eigenvalue weighted by Gasteiger charge is 2.33. The summed E-state index contributed by atoms with van der Waals surface area (Å²) in [5.74, 6) is -4.54.